The first-order valence-corrected chi connectivity index (χ1v) is 5.79. The Morgan fingerprint density at radius 3 is 2.94 bits per heavy atom. The van der Waals surface area contributed by atoms with Gasteiger partial charge in [-0.2, -0.15) is 5.26 Å². The summed E-state index contributed by atoms with van der Waals surface area (Å²) < 4.78 is 6.50. The van der Waals surface area contributed by atoms with Crippen molar-refractivity contribution in [2.24, 2.45) is 0 Å². The molecule has 0 atom stereocenters. The van der Waals surface area contributed by atoms with Gasteiger partial charge in [-0.3, -0.25) is 4.98 Å². The lowest BCUT2D eigenvalue weighted by molar-refractivity contribution is 0.305. The summed E-state index contributed by atoms with van der Waals surface area (Å²) >= 11 is 3.35. The summed E-state index contributed by atoms with van der Waals surface area (Å²) in [6, 6.07) is 11.1. The topological polar surface area (TPSA) is 45.9 Å². The number of benzene rings is 1. The molecule has 2 aromatic rings. The number of ether oxygens (including phenoxy) is 1. The van der Waals surface area contributed by atoms with Crippen molar-refractivity contribution in [2.45, 2.75) is 6.61 Å². The Morgan fingerprint density at radius 2 is 2.18 bits per heavy atom. The van der Waals surface area contributed by atoms with Crippen molar-refractivity contribution in [3.8, 4) is 11.8 Å². The van der Waals surface area contributed by atoms with Gasteiger partial charge in [0.25, 0.3) is 0 Å². The van der Waals surface area contributed by atoms with Crippen molar-refractivity contribution < 1.29 is 4.74 Å². The fourth-order valence-corrected chi connectivity index (χ4v) is 1.77. The molecule has 0 fully saturated rings. The molecule has 1 aromatic carbocycles. The molecule has 0 unspecified atom stereocenters. The second kappa shape index (κ2) is 5.46. The van der Waals surface area contributed by atoms with E-state index >= 15 is 0 Å². The lowest BCUT2D eigenvalue weighted by atomic mass is 10.2. The molecule has 0 bridgehead atoms. The van der Waals surface area contributed by atoms with Crippen LogP contribution in [-0.2, 0) is 6.61 Å². The van der Waals surface area contributed by atoms with Crippen LogP contribution in [0.2, 0.25) is 0 Å². The maximum Gasteiger partial charge on any atom is 0.121 e. The Kier molecular flexibility index (Phi) is 3.73. The summed E-state index contributed by atoms with van der Waals surface area (Å²) in [5.41, 5.74) is 1.57. The second-order valence-corrected chi connectivity index (χ2v) is 4.36. The van der Waals surface area contributed by atoms with Gasteiger partial charge in [0.1, 0.15) is 12.4 Å². The third kappa shape index (κ3) is 3.30. The molecule has 0 aliphatic carbocycles. The van der Waals surface area contributed by atoms with E-state index in [0.29, 0.717) is 17.9 Å². The smallest absolute Gasteiger partial charge is 0.121 e. The number of nitriles is 1. The third-order valence-electron chi connectivity index (χ3n) is 2.13. The lowest BCUT2D eigenvalue weighted by Crippen LogP contribution is -1.96. The van der Waals surface area contributed by atoms with Crippen LogP contribution in [0.5, 0.6) is 5.75 Å². The molecular weight excluding hydrogens is 280 g/mol. The van der Waals surface area contributed by atoms with Gasteiger partial charge in [0.2, 0.25) is 0 Å². The molecule has 0 radical (unpaired) electrons. The van der Waals surface area contributed by atoms with Crippen molar-refractivity contribution in [1.29, 1.82) is 5.26 Å². The average molecular weight is 289 g/mol. The predicted octanol–water partition coefficient (Wildman–Crippen LogP) is 3.29. The Hall–Kier alpha value is -1.86. The molecule has 0 aliphatic heterocycles. The van der Waals surface area contributed by atoms with Crippen LogP contribution >= 0.6 is 15.9 Å². The highest BCUT2D eigenvalue weighted by atomic mass is 79.9. The molecule has 1 heterocycles. The van der Waals surface area contributed by atoms with Crippen LogP contribution in [0.25, 0.3) is 0 Å². The predicted molar refractivity (Wildman–Crippen MR) is 67.4 cm³/mol. The highest BCUT2D eigenvalue weighted by Gasteiger charge is 1.98. The van der Waals surface area contributed by atoms with Gasteiger partial charge in [-0.25, -0.2) is 0 Å². The van der Waals surface area contributed by atoms with Crippen LogP contribution < -0.4 is 4.74 Å². The normalized spacial score (nSPS) is 9.65. The minimum atomic E-state index is 0.432. The number of pyridine rings is 1. The maximum atomic E-state index is 8.76. The fourth-order valence-electron chi connectivity index (χ4n) is 1.36. The number of nitrogens with zero attached hydrogens (tertiary/aromatic N) is 2. The Morgan fingerprint density at radius 1 is 1.29 bits per heavy atom. The first kappa shape index (κ1) is 11.6. The first-order valence-electron chi connectivity index (χ1n) is 5.00. The molecule has 0 saturated heterocycles. The van der Waals surface area contributed by atoms with E-state index in [-0.39, 0.29) is 0 Å². The zero-order valence-electron chi connectivity index (χ0n) is 8.93. The summed E-state index contributed by atoms with van der Waals surface area (Å²) in [6.45, 7) is 0.432. The Labute approximate surface area is 108 Å². The van der Waals surface area contributed by atoms with Crippen molar-refractivity contribution in [1.82, 2.24) is 4.98 Å². The minimum Gasteiger partial charge on any atom is -0.489 e. The van der Waals surface area contributed by atoms with Gasteiger partial charge in [0.05, 0.1) is 11.6 Å². The standard InChI is InChI=1S/C13H9BrN2O/c14-12-4-11(7-16-8-12)9-17-13-3-1-2-10(5-13)6-15/h1-5,7-8H,9H2. The lowest BCUT2D eigenvalue weighted by Gasteiger charge is -2.06. The highest BCUT2D eigenvalue weighted by molar-refractivity contribution is 9.10. The van der Waals surface area contributed by atoms with Gasteiger partial charge in [-0.05, 0) is 40.2 Å². The molecule has 0 saturated carbocycles. The van der Waals surface area contributed by atoms with Gasteiger partial charge in [0.15, 0.2) is 0 Å². The number of hydrogen-bond donors (Lipinski definition) is 0. The van der Waals surface area contributed by atoms with Gasteiger partial charge in [0, 0.05) is 22.4 Å². The summed E-state index contributed by atoms with van der Waals surface area (Å²) in [6.07, 6.45) is 3.47. The molecule has 3 nitrogen and oxygen atoms in total. The van der Waals surface area contributed by atoms with E-state index in [1.807, 2.05) is 12.1 Å². The summed E-state index contributed by atoms with van der Waals surface area (Å²) in [7, 11) is 0. The second-order valence-electron chi connectivity index (χ2n) is 3.44. The number of aromatic nitrogens is 1. The third-order valence-corrected chi connectivity index (χ3v) is 2.56. The van der Waals surface area contributed by atoms with Gasteiger partial charge >= 0.3 is 0 Å². The number of rotatable bonds is 3. The molecule has 0 spiro atoms. The summed E-state index contributed by atoms with van der Waals surface area (Å²) in [4.78, 5) is 4.05. The number of halogens is 1. The average Bonchev–Trinajstić information content (AvgIpc) is 2.37. The SMILES string of the molecule is N#Cc1cccc(OCc2cncc(Br)c2)c1. The minimum absolute atomic E-state index is 0.432. The van der Waals surface area contributed by atoms with E-state index in [1.165, 1.54) is 0 Å². The molecule has 1 aromatic heterocycles. The van der Waals surface area contributed by atoms with Gasteiger partial charge in [-0.1, -0.05) is 6.07 Å². The number of hydrogen-bond acceptors (Lipinski definition) is 3. The molecule has 0 N–H and O–H groups in total. The quantitative estimate of drug-likeness (QED) is 0.871. The van der Waals surface area contributed by atoms with Crippen molar-refractivity contribution in [2.75, 3.05) is 0 Å². The zero-order chi connectivity index (χ0) is 12.1. The van der Waals surface area contributed by atoms with E-state index < -0.39 is 0 Å². The van der Waals surface area contributed by atoms with E-state index in [0.717, 1.165) is 10.0 Å². The van der Waals surface area contributed by atoms with Crippen molar-refractivity contribution in [3.63, 3.8) is 0 Å². The Bertz CT molecular complexity index is 563. The maximum absolute atomic E-state index is 8.76. The van der Waals surface area contributed by atoms with Crippen LogP contribution in [0, 0.1) is 11.3 Å². The van der Waals surface area contributed by atoms with Crippen LogP contribution in [0.15, 0.2) is 47.2 Å². The highest BCUT2D eigenvalue weighted by Crippen LogP contribution is 2.15. The molecule has 0 amide bonds. The van der Waals surface area contributed by atoms with Crippen LogP contribution in [0.4, 0.5) is 0 Å². The fraction of sp³-hybridized carbons (Fsp3) is 0.0769. The summed E-state index contributed by atoms with van der Waals surface area (Å²) in [5.74, 6) is 0.684. The first-order chi connectivity index (χ1) is 8.28. The molecule has 0 aliphatic rings. The van der Waals surface area contributed by atoms with E-state index in [1.54, 1.807) is 30.6 Å². The Balaban J connectivity index is 2.05. The zero-order valence-corrected chi connectivity index (χ0v) is 10.5. The van der Waals surface area contributed by atoms with Crippen molar-refractivity contribution in [3.05, 3.63) is 58.3 Å². The van der Waals surface area contributed by atoms with Crippen LogP contribution in [-0.4, -0.2) is 4.98 Å². The van der Waals surface area contributed by atoms with E-state index in [4.69, 9.17) is 10.00 Å². The van der Waals surface area contributed by atoms with Crippen molar-refractivity contribution >= 4 is 15.9 Å². The van der Waals surface area contributed by atoms with Gasteiger partial charge in [-0.15, -0.1) is 0 Å². The molecule has 2 rings (SSSR count). The molecule has 84 valence electrons. The monoisotopic (exact) mass is 288 g/mol. The largest absolute Gasteiger partial charge is 0.489 e. The molecule has 4 heteroatoms. The van der Waals surface area contributed by atoms with Gasteiger partial charge < -0.3 is 4.74 Å². The molecular formula is C13H9BrN2O. The molecule has 17 heavy (non-hydrogen) atoms. The van der Waals surface area contributed by atoms with E-state index in [9.17, 15) is 0 Å². The summed E-state index contributed by atoms with van der Waals surface area (Å²) in [5, 5.41) is 8.76. The van der Waals surface area contributed by atoms with E-state index in [2.05, 4.69) is 27.0 Å². The van der Waals surface area contributed by atoms with Crippen LogP contribution in [0.3, 0.4) is 0 Å². The van der Waals surface area contributed by atoms with Crippen LogP contribution in [0.1, 0.15) is 11.1 Å².